The Balaban J connectivity index is 3.08. The maximum atomic E-state index is 12.0. The first-order chi connectivity index (χ1) is 9.79. The zero-order chi connectivity index (χ0) is 16.0. The fourth-order valence-corrected chi connectivity index (χ4v) is 2.94. The molecular weight excluding hydrogens is 318 g/mol. The number of carbonyl (C=O) groups is 1. The average molecular weight is 336 g/mol. The highest BCUT2D eigenvalue weighted by Crippen LogP contribution is 2.22. The number of hydrogen-bond acceptors (Lipinski definition) is 5. The van der Waals surface area contributed by atoms with E-state index in [0.717, 1.165) is 0 Å². The molecule has 1 atom stereocenters. The molecule has 0 radical (unpaired) electrons. The molecule has 0 aromatic heterocycles. The van der Waals surface area contributed by atoms with E-state index in [1.165, 1.54) is 32.4 Å². The lowest BCUT2D eigenvalue weighted by Gasteiger charge is -2.14. The van der Waals surface area contributed by atoms with Gasteiger partial charge < -0.3 is 14.8 Å². The Morgan fingerprint density at radius 1 is 1.33 bits per heavy atom. The Hall–Kier alpha value is -1.15. The number of hydrogen-bond donors (Lipinski definition) is 1. The van der Waals surface area contributed by atoms with E-state index in [-0.39, 0.29) is 23.1 Å². The number of nitrogens with one attached hydrogen (secondary N) is 1. The third-order valence-corrected chi connectivity index (χ3v) is 4.09. The van der Waals surface area contributed by atoms with E-state index in [1.54, 1.807) is 6.92 Å². The largest absolute Gasteiger partial charge is 0.383 e. The standard InChI is InChI=1S/C13H18ClNO5S/c1-9(7-19-2)15-13(16)10-4-5-11(8-20-3)12(6-10)21(14,17)18/h4-6,9H,7-8H2,1-3H3,(H,15,16). The van der Waals surface area contributed by atoms with Gasteiger partial charge in [-0.05, 0) is 24.6 Å². The van der Waals surface area contributed by atoms with E-state index in [1.807, 2.05) is 0 Å². The molecule has 21 heavy (non-hydrogen) atoms. The summed E-state index contributed by atoms with van der Waals surface area (Å²) in [6, 6.07) is 4.08. The van der Waals surface area contributed by atoms with Gasteiger partial charge in [-0.1, -0.05) is 6.07 Å². The molecule has 1 rings (SSSR count). The Kier molecular flexibility index (Phi) is 6.60. The van der Waals surface area contributed by atoms with Crippen LogP contribution in [0.3, 0.4) is 0 Å². The van der Waals surface area contributed by atoms with Gasteiger partial charge in [0.05, 0.1) is 18.1 Å². The van der Waals surface area contributed by atoms with E-state index in [2.05, 4.69) is 5.32 Å². The van der Waals surface area contributed by atoms with Crippen molar-refractivity contribution < 1.29 is 22.7 Å². The second-order valence-corrected chi connectivity index (χ2v) is 7.06. The highest BCUT2D eigenvalue weighted by atomic mass is 35.7. The number of amides is 1. The minimum Gasteiger partial charge on any atom is -0.383 e. The molecule has 0 aliphatic rings. The van der Waals surface area contributed by atoms with Gasteiger partial charge in [-0.2, -0.15) is 0 Å². The Morgan fingerprint density at radius 2 is 2.00 bits per heavy atom. The van der Waals surface area contributed by atoms with Crippen LogP contribution in [-0.4, -0.2) is 41.2 Å². The van der Waals surface area contributed by atoms with Crippen LogP contribution in [0, 0.1) is 0 Å². The minimum atomic E-state index is -3.96. The molecule has 1 aromatic rings. The molecule has 0 aliphatic carbocycles. The third-order valence-electron chi connectivity index (χ3n) is 2.69. The quantitative estimate of drug-likeness (QED) is 0.764. The van der Waals surface area contributed by atoms with Crippen LogP contribution in [0.2, 0.25) is 0 Å². The first-order valence-corrected chi connectivity index (χ1v) is 8.46. The van der Waals surface area contributed by atoms with Gasteiger partial charge in [-0.3, -0.25) is 4.79 Å². The summed E-state index contributed by atoms with van der Waals surface area (Å²) < 4.78 is 33.0. The fraction of sp³-hybridized carbons (Fsp3) is 0.462. The zero-order valence-corrected chi connectivity index (χ0v) is 13.6. The second kappa shape index (κ2) is 7.74. The Morgan fingerprint density at radius 3 is 2.52 bits per heavy atom. The lowest BCUT2D eigenvalue weighted by Crippen LogP contribution is -2.35. The summed E-state index contributed by atoms with van der Waals surface area (Å²) in [5.74, 6) is -0.398. The highest BCUT2D eigenvalue weighted by molar-refractivity contribution is 8.13. The minimum absolute atomic E-state index is 0.0866. The van der Waals surface area contributed by atoms with Crippen molar-refractivity contribution in [2.24, 2.45) is 0 Å². The van der Waals surface area contributed by atoms with Crippen molar-refractivity contribution in [1.82, 2.24) is 5.32 Å². The molecule has 0 bridgehead atoms. The summed E-state index contributed by atoms with van der Waals surface area (Å²) in [5.41, 5.74) is 0.603. The van der Waals surface area contributed by atoms with Crippen LogP contribution in [-0.2, 0) is 25.1 Å². The van der Waals surface area contributed by atoms with Crippen LogP contribution in [0.1, 0.15) is 22.8 Å². The average Bonchev–Trinajstić information content (AvgIpc) is 2.38. The molecule has 8 heteroatoms. The van der Waals surface area contributed by atoms with E-state index >= 15 is 0 Å². The number of halogens is 1. The van der Waals surface area contributed by atoms with Crippen LogP contribution in [0.15, 0.2) is 23.1 Å². The van der Waals surface area contributed by atoms with Gasteiger partial charge in [0.1, 0.15) is 0 Å². The molecule has 118 valence electrons. The van der Waals surface area contributed by atoms with Crippen LogP contribution < -0.4 is 5.32 Å². The van der Waals surface area contributed by atoms with Crippen LogP contribution in [0.4, 0.5) is 0 Å². The predicted octanol–water partition coefficient (Wildman–Crippen LogP) is 1.53. The molecule has 0 fully saturated rings. The van der Waals surface area contributed by atoms with Crippen molar-refractivity contribution >= 4 is 25.6 Å². The highest BCUT2D eigenvalue weighted by Gasteiger charge is 2.19. The topological polar surface area (TPSA) is 81.7 Å². The first kappa shape index (κ1) is 17.9. The monoisotopic (exact) mass is 335 g/mol. The normalized spacial score (nSPS) is 13.0. The predicted molar refractivity (Wildman–Crippen MR) is 79.0 cm³/mol. The molecule has 6 nitrogen and oxygen atoms in total. The smallest absolute Gasteiger partial charge is 0.261 e. The van der Waals surface area contributed by atoms with Gasteiger partial charge >= 0.3 is 0 Å². The molecule has 0 saturated carbocycles. The SMILES string of the molecule is COCc1ccc(C(=O)NC(C)COC)cc1S(=O)(=O)Cl. The molecule has 1 N–H and O–H groups in total. The van der Waals surface area contributed by atoms with Gasteiger partial charge in [0, 0.05) is 36.5 Å². The first-order valence-electron chi connectivity index (χ1n) is 6.16. The summed E-state index contributed by atoms with van der Waals surface area (Å²) in [7, 11) is 4.40. The van der Waals surface area contributed by atoms with E-state index in [0.29, 0.717) is 12.2 Å². The van der Waals surface area contributed by atoms with Crippen molar-refractivity contribution in [3.05, 3.63) is 29.3 Å². The van der Waals surface area contributed by atoms with Crippen LogP contribution >= 0.6 is 10.7 Å². The fourth-order valence-electron chi connectivity index (χ4n) is 1.80. The van der Waals surface area contributed by atoms with Crippen LogP contribution in [0.25, 0.3) is 0 Å². The van der Waals surface area contributed by atoms with Crippen molar-refractivity contribution in [3.63, 3.8) is 0 Å². The molecule has 0 spiro atoms. The second-order valence-electron chi connectivity index (χ2n) is 4.52. The third kappa shape index (κ3) is 5.28. The van der Waals surface area contributed by atoms with Gasteiger partial charge in [0.2, 0.25) is 0 Å². The Labute approximate surface area is 128 Å². The zero-order valence-electron chi connectivity index (χ0n) is 12.1. The number of rotatable bonds is 7. The summed E-state index contributed by atoms with van der Waals surface area (Å²) >= 11 is 0. The molecule has 0 aliphatic heterocycles. The van der Waals surface area contributed by atoms with Crippen molar-refractivity contribution in [3.8, 4) is 0 Å². The Bertz CT molecular complexity index is 603. The number of benzene rings is 1. The van der Waals surface area contributed by atoms with E-state index in [9.17, 15) is 13.2 Å². The molecule has 1 aromatic carbocycles. The van der Waals surface area contributed by atoms with Crippen LogP contribution in [0.5, 0.6) is 0 Å². The van der Waals surface area contributed by atoms with Crippen molar-refractivity contribution in [2.75, 3.05) is 20.8 Å². The summed E-state index contributed by atoms with van der Waals surface area (Å²) in [4.78, 5) is 11.9. The van der Waals surface area contributed by atoms with Gasteiger partial charge in [0.25, 0.3) is 15.0 Å². The van der Waals surface area contributed by atoms with Crippen molar-refractivity contribution in [2.45, 2.75) is 24.5 Å². The summed E-state index contributed by atoms with van der Waals surface area (Å²) in [5, 5.41) is 2.69. The summed E-state index contributed by atoms with van der Waals surface area (Å²) in [6.45, 7) is 2.22. The molecule has 1 amide bonds. The molecule has 0 heterocycles. The van der Waals surface area contributed by atoms with E-state index in [4.69, 9.17) is 20.2 Å². The number of methoxy groups -OCH3 is 2. The van der Waals surface area contributed by atoms with Gasteiger partial charge in [0.15, 0.2) is 0 Å². The number of ether oxygens (including phenoxy) is 2. The lowest BCUT2D eigenvalue weighted by molar-refractivity contribution is 0.0905. The molecule has 1 unspecified atom stereocenters. The van der Waals surface area contributed by atoms with Gasteiger partial charge in [-0.25, -0.2) is 8.42 Å². The van der Waals surface area contributed by atoms with Crippen molar-refractivity contribution in [1.29, 1.82) is 0 Å². The summed E-state index contributed by atoms with van der Waals surface area (Å²) in [6.07, 6.45) is 0. The van der Waals surface area contributed by atoms with Gasteiger partial charge in [-0.15, -0.1) is 0 Å². The van der Waals surface area contributed by atoms with E-state index < -0.39 is 15.0 Å². The maximum absolute atomic E-state index is 12.0. The maximum Gasteiger partial charge on any atom is 0.261 e. The molecular formula is C13H18ClNO5S. The molecule has 0 saturated heterocycles. The number of carbonyl (C=O) groups excluding carboxylic acids is 1. The lowest BCUT2D eigenvalue weighted by atomic mass is 10.1.